The molecule has 0 saturated carbocycles. The number of nitrogens with two attached hydrogens (primary N) is 1. The van der Waals surface area contributed by atoms with Gasteiger partial charge in [-0.05, 0) is 24.6 Å². The number of alkyl halides is 1. The molecule has 1 aliphatic rings. The summed E-state index contributed by atoms with van der Waals surface area (Å²) in [6, 6.07) is 7.48. The van der Waals surface area contributed by atoms with Crippen molar-refractivity contribution in [1.82, 2.24) is 0 Å². The van der Waals surface area contributed by atoms with E-state index >= 15 is 0 Å². The van der Waals surface area contributed by atoms with Crippen LogP contribution in [0, 0.1) is 17.1 Å². The maximum absolute atomic E-state index is 13.6. The Bertz CT molecular complexity index is 737. The van der Waals surface area contributed by atoms with Gasteiger partial charge in [-0.1, -0.05) is 12.1 Å². The summed E-state index contributed by atoms with van der Waals surface area (Å²) < 4.78 is 23.9. The van der Waals surface area contributed by atoms with E-state index in [2.05, 4.69) is 0 Å². The fourth-order valence-corrected chi connectivity index (χ4v) is 2.57. The molecule has 0 aromatic heterocycles. The van der Waals surface area contributed by atoms with Gasteiger partial charge in [0.05, 0.1) is 24.0 Å². The maximum Gasteiger partial charge on any atom is 0.338 e. The van der Waals surface area contributed by atoms with Crippen LogP contribution in [-0.4, -0.2) is 18.5 Å². The van der Waals surface area contributed by atoms with Crippen LogP contribution in [0.25, 0.3) is 0 Å². The summed E-state index contributed by atoms with van der Waals surface area (Å²) in [5.41, 5.74) is 6.20. The quantitative estimate of drug-likeness (QED) is 0.675. The van der Waals surface area contributed by atoms with Gasteiger partial charge >= 0.3 is 5.97 Å². The first-order valence-electron chi connectivity index (χ1n) is 6.82. The SMILES string of the molecule is CCOC(=O)C1=C(CCl)OC(N)=C(C#N)[C@H]1c1cccc(F)c1. The highest BCUT2D eigenvalue weighted by atomic mass is 35.5. The van der Waals surface area contributed by atoms with Crippen molar-refractivity contribution in [1.29, 1.82) is 5.26 Å². The summed E-state index contributed by atoms with van der Waals surface area (Å²) in [6.07, 6.45) is 0. The first kappa shape index (κ1) is 16.8. The second-order valence-corrected chi connectivity index (χ2v) is 4.94. The number of carbonyl (C=O) groups is 1. The minimum atomic E-state index is -0.891. The molecular weight excluding hydrogens is 323 g/mol. The molecule has 5 nitrogen and oxygen atoms in total. The van der Waals surface area contributed by atoms with Crippen molar-refractivity contribution < 1.29 is 18.7 Å². The van der Waals surface area contributed by atoms with E-state index in [9.17, 15) is 14.4 Å². The number of benzene rings is 1. The van der Waals surface area contributed by atoms with E-state index in [0.29, 0.717) is 5.56 Å². The second kappa shape index (κ2) is 7.16. The van der Waals surface area contributed by atoms with Gasteiger partial charge in [0.1, 0.15) is 23.2 Å². The second-order valence-electron chi connectivity index (χ2n) is 4.67. The van der Waals surface area contributed by atoms with E-state index in [4.69, 9.17) is 26.8 Å². The highest BCUT2D eigenvalue weighted by Gasteiger charge is 2.37. The van der Waals surface area contributed by atoms with Gasteiger partial charge in [0.25, 0.3) is 0 Å². The molecule has 0 radical (unpaired) electrons. The Balaban J connectivity index is 2.66. The van der Waals surface area contributed by atoms with Gasteiger partial charge in [0.15, 0.2) is 0 Å². The predicted molar refractivity (Wildman–Crippen MR) is 81.4 cm³/mol. The molecule has 2 rings (SSSR count). The number of rotatable bonds is 4. The molecule has 23 heavy (non-hydrogen) atoms. The number of halogens is 2. The van der Waals surface area contributed by atoms with Crippen LogP contribution in [0.15, 0.2) is 47.1 Å². The van der Waals surface area contributed by atoms with Gasteiger partial charge in [0.2, 0.25) is 5.88 Å². The summed E-state index contributed by atoms with van der Waals surface area (Å²) in [6.45, 7) is 1.78. The lowest BCUT2D eigenvalue weighted by molar-refractivity contribution is -0.139. The van der Waals surface area contributed by atoms with E-state index in [1.165, 1.54) is 18.2 Å². The minimum Gasteiger partial charge on any atom is -0.463 e. The third kappa shape index (κ3) is 3.30. The number of hydrogen-bond donors (Lipinski definition) is 1. The van der Waals surface area contributed by atoms with E-state index < -0.39 is 17.7 Å². The van der Waals surface area contributed by atoms with Crippen LogP contribution < -0.4 is 5.73 Å². The lowest BCUT2D eigenvalue weighted by Crippen LogP contribution is -2.26. The van der Waals surface area contributed by atoms with Crippen LogP contribution in [0.5, 0.6) is 0 Å². The Morgan fingerprint density at radius 3 is 2.87 bits per heavy atom. The predicted octanol–water partition coefficient (Wildman–Crippen LogP) is 2.69. The number of carbonyl (C=O) groups excluding carboxylic acids is 1. The highest BCUT2D eigenvalue weighted by Crippen LogP contribution is 2.40. The summed E-state index contributed by atoms with van der Waals surface area (Å²) in [7, 11) is 0. The van der Waals surface area contributed by atoms with Crippen molar-refractivity contribution in [3.05, 3.63) is 58.4 Å². The van der Waals surface area contributed by atoms with Crippen LogP contribution in [0.3, 0.4) is 0 Å². The van der Waals surface area contributed by atoms with Gasteiger partial charge in [0, 0.05) is 0 Å². The van der Waals surface area contributed by atoms with E-state index in [1.807, 2.05) is 6.07 Å². The molecule has 0 bridgehead atoms. The smallest absolute Gasteiger partial charge is 0.338 e. The molecule has 1 aliphatic heterocycles. The monoisotopic (exact) mass is 336 g/mol. The zero-order valence-corrected chi connectivity index (χ0v) is 13.1. The first-order valence-corrected chi connectivity index (χ1v) is 7.36. The summed E-state index contributed by atoms with van der Waals surface area (Å²) in [4.78, 5) is 12.3. The molecule has 0 fully saturated rings. The molecule has 1 aromatic carbocycles. The molecule has 120 valence electrons. The van der Waals surface area contributed by atoms with Gasteiger partial charge < -0.3 is 15.2 Å². The third-order valence-corrected chi connectivity index (χ3v) is 3.54. The Labute approximate surface area is 137 Å². The van der Waals surface area contributed by atoms with Crippen molar-refractivity contribution >= 4 is 17.6 Å². The van der Waals surface area contributed by atoms with Crippen molar-refractivity contribution in [2.75, 3.05) is 12.5 Å². The van der Waals surface area contributed by atoms with E-state index in [1.54, 1.807) is 13.0 Å². The number of esters is 1. The number of allylic oxidation sites excluding steroid dienone is 2. The molecule has 0 amide bonds. The maximum atomic E-state index is 13.6. The summed E-state index contributed by atoms with van der Waals surface area (Å²) >= 11 is 5.83. The molecule has 1 aromatic rings. The number of hydrogen-bond acceptors (Lipinski definition) is 5. The lowest BCUT2D eigenvalue weighted by atomic mass is 9.83. The van der Waals surface area contributed by atoms with E-state index in [0.717, 1.165) is 0 Å². The number of nitrogens with zero attached hydrogens (tertiary/aromatic N) is 1. The molecule has 0 aliphatic carbocycles. The molecule has 1 heterocycles. The minimum absolute atomic E-state index is 0.00696. The van der Waals surface area contributed by atoms with Crippen LogP contribution >= 0.6 is 11.6 Å². The average molecular weight is 337 g/mol. The Morgan fingerprint density at radius 1 is 1.57 bits per heavy atom. The summed E-state index contributed by atoms with van der Waals surface area (Å²) in [5.74, 6) is -2.28. The van der Waals surface area contributed by atoms with Crippen LogP contribution in [0.4, 0.5) is 4.39 Å². The van der Waals surface area contributed by atoms with E-state index in [-0.39, 0.29) is 35.3 Å². The van der Waals surface area contributed by atoms with Crippen molar-refractivity contribution in [3.63, 3.8) is 0 Å². The van der Waals surface area contributed by atoms with Crippen LogP contribution in [-0.2, 0) is 14.3 Å². The number of ether oxygens (including phenoxy) is 2. The van der Waals surface area contributed by atoms with Gasteiger partial charge in [-0.3, -0.25) is 0 Å². The van der Waals surface area contributed by atoms with Gasteiger partial charge in [-0.2, -0.15) is 5.26 Å². The first-order chi connectivity index (χ1) is 11.0. The van der Waals surface area contributed by atoms with Crippen molar-refractivity contribution in [3.8, 4) is 6.07 Å². The Hall–Kier alpha value is -2.52. The van der Waals surface area contributed by atoms with Crippen LogP contribution in [0.1, 0.15) is 18.4 Å². The summed E-state index contributed by atoms with van der Waals surface area (Å²) in [5, 5.41) is 9.38. The highest BCUT2D eigenvalue weighted by molar-refractivity contribution is 6.19. The average Bonchev–Trinajstić information content (AvgIpc) is 2.53. The lowest BCUT2D eigenvalue weighted by Gasteiger charge is -2.27. The van der Waals surface area contributed by atoms with Crippen molar-refractivity contribution in [2.45, 2.75) is 12.8 Å². The molecule has 7 heteroatoms. The Kier molecular flexibility index (Phi) is 5.24. The van der Waals surface area contributed by atoms with Crippen molar-refractivity contribution in [2.24, 2.45) is 5.73 Å². The molecule has 2 N–H and O–H groups in total. The molecule has 0 unspecified atom stereocenters. The molecule has 1 atom stereocenters. The topological polar surface area (TPSA) is 85.3 Å². The normalized spacial score (nSPS) is 17.6. The Morgan fingerprint density at radius 2 is 2.30 bits per heavy atom. The largest absolute Gasteiger partial charge is 0.463 e. The van der Waals surface area contributed by atoms with Crippen LogP contribution in [0.2, 0.25) is 0 Å². The zero-order valence-electron chi connectivity index (χ0n) is 12.3. The standard InChI is InChI=1S/C16H14ClFN2O3/c1-2-22-16(21)14-12(7-17)23-15(20)11(8-19)13(14)9-4-3-5-10(18)6-9/h3-6,13H,2,7,20H2,1H3/t13-/m1/s1. The molecule has 0 saturated heterocycles. The third-order valence-electron chi connectivity index (χ3n) is 3.30. The van der Waals surface area contributed by atoms with Gasteiger partial charge in [-0.25, -0.2) is 9.18 Å². The number of nitriles is 1. The molecular formula is C16H14ClFN2O3. The zero-order chi connectivity index (χ0) is 17.0. The molecule has 0 spiro atoms. The van der Waals surface area contributed by atoms with Gasteiger partial charge in [-0.15, -0.1) is 11.6 Å². The fourth-order valence-electron chi connectivity index (χ4n) is 2.37. The fraction of sp³-hybridized carbons (Fsp3) is 0.250.